The fourth-order valence-corrected chi connectivity index (χ4v) is 3.21. The highest BCUT2D eigenvalue weighted by Gasteiger charge is 2.29. The maximum atomic E-state index is 11.4. The minimum absolute atomic E-state index is 0.109. The zero-order valence-corrected chi connectivity index (χ0v) is 11.6. The van der Waals surface area contributed by atoms with Gasteiger partial charge in [-0.3, -0.25) is 4.79 Å². The molecule has 1 aliphatic rings. The number of rotatable bonds is 5. The maximum Gasteiger partial charge on any atom is 0.356 e. The zero-order valence-electron chi connectivity index (χ0n) is 10.8. The number of hydrogen-bond donors (Lipinski definition) is 2. The third-order valence-electron chi connectivity index (χ3n) is 3.21. The molecule has 1 aliphatic carbocycles. The Morgan fingerprint density at radius 2 is 2.21 bits per heavy atom. The van der Waals surface area contributed by atoms with E-state index in [0.717, 1.165) is 30.6 Å². The molecule has 0 aromatic carbocycles. The molecule has 6 nitrogen and oxygen atoms in total. The molecule has 0 bridgehead atoms. The Morgan fingerprint density at radius 1 is 1.47 bits per heavy atom. The van der Waals surface area contributed by atoms with E-state index in [2.05, 4.69) is 10.3 Å². The molecule has 0 amide bonds. The van der Waals surface area contributed by atoms with Crippen LogP contribution in [0.4, 0.5) is 5.13 Å². The summed E-state index contributed by atoms with van der Waals surface area (Å²) in [4.78, 5) is 26.6. The van der Waals surface area contributed by atoms with Gasteiger partial charge in [0.1, 0.15) is 4.88 Å². The standard InChI is InChI=1S/C12H16N2O4S/c1-6(15)10-9(11(16)17)14-12(19-10)13-7-4-3-5-8(7)18-2/h7-8H,3-5H2,1-2H3,(H,13,14)(H,16,17). The number of hydrogen-bond acceptors (Lipinski definition) is 6. The first-order valence-corrected chi connectivity index (χ1v) is 6.89. The Kier molecular flexibility index (Phi) is 4.16. The smallest absolute Gasteiger partial charge is 0.356 e. The highest BCUT2D eigenvalue weighted by Crippen LogP contribution is 2.29. The van der Waals surface area contributed by atoms with Crippen molar-refractivity contribution in [3.63, 3.8) is 0 Å². The van der Waals surface area contributed by atoms with Gasteiger partial charge in [0.2, 0.25) is 0 Å². The Morgan fingerprint density at radius 3 is 2.74 bits per heavy atom. The second kappa shape index (κ2) is 5.66. The second-order valence-corrected chi connectivity index (χ2v) is 5.51. The molecule has 7 heteroatoms. The van der Waals surface area contributed by atoms with E-state index in [0.29, 0.717) is 5.13 Å². The van der Waals surface area contributed by atoms with E-state index in [1.165, 1.54) is 6.92 Å². The van der Waals surface area contributed by atoms with Crippen LogP contribution >= 0.6 is 11.3 Å². The van der Waals surface area contributed by atoms with Crippen LogP contribution < -0.4 is 5.32 Å². The number of ketones is 1. The summed E-state index contributed by atoms with van der Waals surface area (Å²) in [6.45, 7) is 1.34. The van der Waals surface area contributed by atoms with Gasteiger partial charge in [-0.25, -0.2) is 9.78 Å². The van der Waals surface area contributed by atoms with E-state index in [1.807, 2.05) is 0 Å². The summed E-state index contributed by atoms with van der Waals surface area (Å²) in [5.74, 6) is -1.46. The van der Waals surface area contributed by atoms with Crippen LogP contribution in [0, 0.1) is 0 Å². The molecule has 104 valence electrons. The van der Waals surface area contributed by atoms with Gasteiger partial charge in [0.15, 0.2) is 16.6 Å². The largest absolute Gasteiger partial charge is 0.476 e. The molecule has 1 aromatic heterocycles. The number of Topliss-reactive ketones (excluding diaryl/α,β-unsaturated/α-hetero) is 1. The Labute approximate surface area is 114 Å². The predicted octanol–water partition coefficient (Wildman–Crippen LogP) is 2.02. The number of methoxy groups -OCH3 is 1. The lowest BCUT2D eigenvalue weighted by atomic mass is 10.2. The molecule has 1 aromatic rings. The molecule has 0 spiro atoms. The molecule has 1 heterocycles. The lowest BCUT2D eigenvalue weighted by Gasteiger charge is -2.18. The molecule has 0 saturated heterocycles. The van der Waals surface area contributed by atoms with Gasteiger partial charge in [-0.2, -0.15) is 0 Å². The van der Waals surface area contributed by atoms with Gasteiger partial charge in [0.25, 0.3) is 0 Å². The van der Waals surface area contributed by atoms with Crippen LogP contribution in [0.5, 0.6) is 0 Å². The monoisotopic (exact) mass is 284 g/mol. The topological polar surface area (TPSA) is 88.5 Å². The number of thiazole rings is 1. The Balaban J connectivity index is 2.19. The summed E-state index contributed by atoms with van der Waals surface area (Å²) in [5, 5.41) is 12.7. The van der Waals surface area contributed by atoms with Crippen molar-refractivity contribution in [2.24, 2.45) is 0 Å². The highest BCUT2D eigenvalue weighted by atomic mass is 32.1. The summed E-state index contributed by atoms with van der Waals surface area (Å²) in [6.07, 6.45) is 3.10. The first-order valence-electron chi connectivity index (χ1n) is 6.07. The van der Waals surface area contributed by atoms with Crippen molar-refractivity contribution in [1.29, 1.82) is 0 Å². The third kappa shape index (κ3) is 2.93. The normalized spacial score (nSPS) is 22.4. The average Bonchev–Trinajstić information content (AvgIpc) is 2.95. The van der Waals surface area contributed by atoms with Gasteiger partial charge in [0.05, 0.1) is 12.1 Å². The van der Waals surface area contributed by atoms with Gasteiger partial charge in [-0.1, -0.05) is 11.3 Å². The fraction of sp³-hybridized carbons (Fsp3) is 0.583. The summed E-state index contributed by atoms with van der Waals surface area (Å²) < 4.78 is 5.36. The minimum Gasteiger partial charge on any atom is -0.476 e. The Bertz CT molecular complexity index is 468. The molecule has 0 radical (unpaired) electrons. The lowest BCUT2D eigenvalue weighted by molar-refractivity contribution is 0.0687. The molecule has 1 fully saturated rings. The molecule has 0 aliphatic heterocycles. The van der Waals surface area contributed by atoms with E-state index >= 15 is 0 Å². The number of carboxylic acids is 1. The van der Waals surface area contributed by atoms with Gasteiger partial charge in [-0.05, 0) is 19.3 Å². The Hall–Kier alpha value is -1.47. The van der Waals surface area contributed by atoms with Crippen molar-refractivity contribution in [3.05, 3.63) is 10.6 Å². The molecular weight excluding hydrogens is 268 g/mol. The molecule has 2 rings (SSSR count). The van der Waals surface area contributed by atoms with Crippen molar-refractivity contribution in [2.75, 3.05) is 12.4 Å². The molecule has 1 saturated carbocycles. The predicted molar refractivity (Wildman–Crippen MR) is 71.1 cm³/mol. The number of carbonyl (C=O) groups is 2. The summed E-state index contributed by atoms with van der Waals surface area (Å²) in [5.41, 5.74) is -0.174. The van der Waals surface area contributed by atoms with E-state index in [9.17, 15) is 9.59 Å². The van der Waals surface area contributed by atoms with E-state index in [-0.39, 0.29) is 28.5 Å². The van der Waals surface area contributed by atoms with Crippen molar-refractivity contribution in [2.45, 2.75) is 38.3 Å². The fourth-order valence-electron chi connectivity index (χ4n) is 2.30. The number of nitrogens with one attached hydrogen (secondary N) is 1. The van der Waals surface area contributed by atoms with Crippen LogP contribution in [0.25, 0.3) is 0 Å². The molecular formula is C12H16N2O4S. The maximum absolute atomic E-state index is 11.4. The van der Waals surface area contributed by atoms with E-state index in [1.54, 1.807) is 7.11 Å². The number of aromatic nitrogens is 1. The number of nitrogens with zero attached hydrogens (tertiary/aromatic N) is 1. The number of carboxylic acid groups (broad SMARTS) is 1. The van der Waals surface area contributed by atoms with E-state index in [4.69, 9.17) is 9.84 Å². The number of anilines is 1. The molecule has 2 unspecified atom stereocenters. The molecule has 2 N–H and O–H groups in total. The first kappa shape index (κ1) is 14.0. The summed E-state index contributed by atoms with van der Waals surface area (Å²) in [7, 11) is 1.66. The van der Waals surface area contributed by atoms with Crippen LogP contribution in [-0.4, -0.2) is 41.1 Å². The molecule has 19 heavy (non-hydrogen) atoms. The number of carbonyl (C=O) groups excluding carboxylic acids is 1. The highest BCUT2D eigenvalue weighted by molar-refractivity contribution is 7.17. The zero-order chi connectivity index (χ0) is 14.0. The summed E-state index contributed by atoms with van der Waals surface area (Å²) >= 11 is 1.09. The third-order valence-corrected chi connectivity index (χ3v) is 4.30. The number of aromatic carboxylic acids is 1. The SMILES string of the molecule is COC1CCCC1Nc1nc(C(=O)O)c(C(C)=O)s1. The van der Waals surface area contributed by atoms with Crippen LogP contribution in [-0.2, 0) is 4.74 Å². The quantitative estimate of drug-likeness (QED) is 0.804. The van der Waals surface area contributed by atoms with Gasteiger partial charge < -0.3 is 15.2 Å². The van der Waals surface area contributed by atoms with Crippen LogP contribution in [0.15, 0.2) is 0 Å². The van der Waals surface area contributed by atoms with E-state index < -0.39 is 5.97 Å². The van der Waals surface area contributed by atoms with Gasteiger partial charge in [0, 0.05) is 14.0 Å². The van der Waals surface area contributed by atoms with Crippen LogP contribution in [0.1, 0.15) is 46.3 Å². The minimum atomic E-state index is -1.18. The van der Waals surface area contributed by atoms with Gasteiger partial charge >= 0.3 is 5.97 Å². The molecule has 2 atom stereocenters. The van der Waals surface area contributed by atoms with Crippen molar-refractivity contribution >= 4 is 28.2 Å². The first-order chi connectivity index (χ1) is 9.02. The van der Waals surface area contributed by atoms with Gasteiger partial charge in [-0.15, -0.1) is 0 Å². The second-order valence-electron chi connectivity index (χ2n) is 4.51. The lowest BCUT2D eigenvalue weighted by Crippen LogP contribution is -2.29. The van der Waals surface area contributed by atoms with Crippen LogP contribution in [0.2, 0.25) is 0 Å². The van der Waals surface area contributed by atoms with Crippen molar-refractivity contribution in [3.8, 4) is 0 Å². The number of ether oxygens (including phenoxy) is 1. The van der Waals surface area contributed by atoms with Crippen molar-refractivity contribution in [1.82, 2.24) is 4.98 Å². The summed E-state index contributed by atoms with van der Waals surface area (Å²) in [6, 6.07) is 0.123. The van der Waals surface area contributed by atoms with Crippen LogP contribution in [0.3, 0.4) is 0 Å². The average molecular weight is 284 g/mol. The van der Waals surface area contributed by atoms with Crippen molar-refractivity contribution < 1.29 is 19.4 Å².